The van der Waals surface area contributed by atoms with E-state index < -0.39 is 10.0 Å². The number of nitrogens with one attached hydrogen (secondary N) is 1. The first-order valence-electron chi connectivity index (χ1n) is 5.32. The van der Waals surface area contributed by atoms with Gasteiger partial charge in [0.1, 0.15) is 4.90 Å². The Morgan fingerprint density at radius 1 is 1.10 bits per heavy atom. The summed E-state index contributed by atoms with van der Waals surface area (Å²) < 4.78 is 27.6. The van der Waals surface area contributed by atoms with Crippen LogP contribution >= 0.6 is 39.1 Å². The van der Waals surface area contributed by atoms with Crippen LogP contribution in [0.5, 0.6) is 0 Å². The summed E-state index contributed by atoms with van der Waals surface area (Å²) in [6.07, 6.45) is 0. The zero-order chi connectivity index (χ0) is 14.9. The van der Waals surface area contributed by atoms with E-state index in [0.717, 1.165) is 0 Å². The predicted molar refractivity (Wildman–Crippen MR) is 85.8 cm³/mol. The highest BCUT2D eigenvalue weighted by atomic mass is 79.9. The Kier molecular flexibility index (Phi) is 4.49. The maximum atomic E-state index is 12.3. The molecular formula is C12H9BrCl2N2O2S. The standard InChI is InChI=1S/C12H9BrCl2N2O2S/c13-7-1-4-12(9(15)5-7)20(18,19)17-11-6-8(14)2-3-10(11)16/h1-6,17H,16H2. The van der Waals surface area contributed by atoms with Gasteiger partial charge in [0, 0.05) is 9.50 Å². The molecule has 20 heavy (non-hydrogen) atoms. The Labute approximate surface area is 135 Å². The quantitative estimate of drug-likeness (QED) is 0.767. The lowest BCUT2D eigenvalue weighted by atomic mass is 10.3. The van der Waals surface area contributed by atoms with Gasteiger partial charge in [-0.3, -0.25) is 4.72 Å². The third kappa shape index (κ3) is 3.38. The van der Waals surface area contributed by atoms with Gasteiger partial charge in [0.15, 0.2) is 0 Å². The molecule has 2 aromatic carbocycles. The van der Waals surface area contributed by atoms with Gasteiger partial charge >= 0.3 is 0 Å². The number of halogens is 3. The number of hydrogen-bond acceptors (Lipinski definition) is 3. The number of nitrogens with two attached hydrogens (primary N) is 1. The molecule has 0 aromatic heterocycles. The van der Waals surface area contributed by atoms with E-state index in [1.54, 1.807) is 12.1 Å². The van der Waals surface area contributed by atoms with Gasteiger partial charge in [-0.15, -0.1) is 0 Å². The first-order chi connectivity index (χ1) is 9.29. The van der Waals surface area contributed by atoms with E-state index in [9.17, 15) is 8.42 Å². The summed E-state index contributed by atoms with van der Waals surface area (Å²) in [7, 11) is -3.84. The Balaban J connectivity index is 2.43. The minimum absolute atomic E-state index is 0.0401. The van der Waals surface area contributed by atoms with E-state index in [1.165, 1.54) is 24.3 Å². The highest BCUT2D eigenvalue weighted by molar-refractivity contribution is 9.10. The van der Waals surface area contributed by atoms with Crippen molar-refractivity contribution in [3.05, 3.63) is 50.9 Å². The van der Waals surface area contributed by atoms with Gasteiger partial charge in [0.25, 0.3) is 10.0 Å². The molecule has 3 N–H and O–H groups in total. The highest BCUT2D eigenvalue weighted by Crippen LogP contribution is 2.29. The fourth-order valence-electron chi connectivity index (χ4n) is 1.51. The summed E-state index contributed by atoms with van der Waals surface area (Å²) in [5, 5.41) is 0.478. The van der Waals surface area contributed by atoms with E-state index in [2.05, 4.69) is 20.7 Å². The lowest BCUT2D eigenvalue weighted by molar-refractivity contribution is 0.601. The van der Waals surface area contributed by atoms with Crippen molar-refractivity contribution >= 4 is 60.5 Å². The van der Waals surface area contributed by atoms with Gasteiger partial charge in [-0.2, -0.15) is 0 Å². The average Bonchev–Trinajstić information content (AvgIpc) is 2.33. The second kappa shape index (κ2) is 5.81. The summed E-state index contributed by atoms with van der Waals surface area (Å²) in [4.78, 5) is -0.0401. The maximum Gasteiger partial charge on any atom is 0.263 e. The number of rotatable bonds is 3. The maximum absolute atomic E-state index is 12.3. The van der Waals surface area contributed by atoms with Crippen LogP contribution in [0.3, 0.4) is 0 Å². The third-order valence-electron chi connectivity index (χ3n) is 2.44. The summed E-state index contributed by atoms with van der Waals surface area (Å²) in [5.41, 5.74) is 6.19. The predicted octanol–water partition coefficient (Wildman–Crippen LogP) is 4.14. The number of hydrogen-bond donors (Lipinski definition) is 2. The van der Waals surface area contributed by atoms with Crippen LogP contribution in [0.1, 0.15) is 0 Å². The molecule has 0 saturated heterocycles. The fraction of sp³-hybridized carbons (Fsp3) is 0. The third-order valence-corrected chi connectivity index (χ3v) is 5.02. The van der Waals surface area contributed by atoms with Crippen molar-refractivity contribution in [1.82, 2.24) is 0 Å². The van der Waals surface area contributed by atoms with Crippen LogP contribution in [0, 0.1) is 0 Å². The molecule has 0 unspecified atom stereocenters. The van der Waals surface area contributed by atoms with E-state index >= 15 is 0 Å². The number of anilines is 2. The monoisotopic (exact) mass is 394 g/mol. The van der Waals surface area contributed by atoms with E-state index in [4.69, 9.17) is 28.9 Å². The summed E-state index contributed by atoms with van der Waals surface area (Å²) in [5.74, 6) is 0. The zero-order valence-electron chi connectivity index (χ0n) is 9.90. The van der Waals surface area contributed by atoms with Crippen molar-refractivity contribution in [1.29, 1.82) is 0 Å². The second-order valence-corrected chi connectivity index (χ2v) is 7.32. The highest BCUT2D eigenvalue weighted by Gasteiger charge is 2.19. The molecule has 2 aromatic rings. The molecule has 0 saturated carbocycles. The number of nitrogen functional groups attached to an aromatic ring is 1. The van der Waals surface area contributed by atoms with Gasteiger partial charge in [-0.05, 0) is 36.4 Å². The molecule has 8 heteroatoms. The Morgan fingerprint density at radius 3 is 2.45 bits per heavy atom. The normalized spacial score (nSPS) is 11.3. The first-order valence-corrected chi connectivity index (χ1v) is 8.36. The molecule has 0 heterocycles. The molecule has 0 amide bonds. The van der Waals surface area contributed by atoms with E-state index in [-0.39, 0.29) is 21.3 Å². The van der Waals surface area contributed by atoms with Crippen LogP contribution in [0.15, 0.2) is 45.8 Å². The van der Waals surface area contributed by atoms with Crippen LogP contribution in [0.25, 0.3) is 0 Å². The summed E-state index contributed by atoms with van der Waals surface area (Å²) >= 11 is 15.0. The molecule has 0 aliphatic heterocycles. The van der Waals surface area contributed by atoms with Crippen molar-refractivity contribution in [2.75, 3.05) is 10.5 Å². The Bertz CT molecular complexity index is 766. The fourth-order valence-corrected chi connectivity index (χ4v) is 3.80. The van der Waals surface area contributed by atoms with Crippen LogP contribution < -0.4 is 10.5 Å². The van der Waals surface area contributed by atoms with E-state index in [0.29, 0.717) is 9.50 Å². The van der Waals surface area contributed by atoms with E-state index in [1.807, 2.05) is 0 Å². The largest absolute Gasteiger partial charge is 0.397 e. The molecule has 0 atom stereocenters. The molecule has 0 spiro atoms. The van der Waals surface area contributed by atoms with Crippen molar-refractivity contribution in [2.24, 2.45) is 0 Å². The minimum Gasteiger partial charge on any atom is -0.397 e. The average molecular weight is 396 g/mol. The Hall–Kier alpha value is -0.950. The van der Waals surface area contributed by atoms with Gasteiger partial charge in [0.2, 0.25) is 0 Å². The first kappa shape index (κ1) is 15.4. The van der Waals surface area contributed by atoms with Crippen molar-refractivity contribution in [3.63, 3.8) is 0 Å². The van der Waals surface area contributed by atoms with Crippen molar-refractivity contribution < 1.29 is 8.42 Å². The van der Waals surface area contributed by atoms with Crippen LogP contribution in [0.4, 0.5) is 11.4 Å². The Morgan fingerprint density at radius 2 is 1.80 bits per heavy atom. The summed E-state index contributed by atoms with van der Waals surface area (Å²) in [6, 6.07) is 9.00. The molecule has 0 bridgehead atoms. The number of benzene rings is 2. The molecule has 0 radical (unpaired) electrons. The second-order valence-electron chi connectivity index (χ2n) is 3.91. The lowest BCUT2D eigenvalue weighted by Gasteiger charge is -2.12. The van der Waals surface area contributed by atoms with Crippen molar-refractivity contribution in [3.8, 4) is 0 Å². The molecular weight excluding hydrogens is 387 g/mol. The van der Waals surface area contributed by atoms with Crippen LogP contribution in [-0.2, 0) is 10.0 Å². The molecule has 4 nitrogen and oxygen atoms in total. The number of sulfonamides is 1. The summed E-state index contributed by atoms with van der Waals surface area (Å²) in [6.45, 7) is 0. The molecule has 0 aliphatic carbocycles. The lowest BCUT2D eigenvalue weighted by Crippen LogP contribution is -2.14. The van der Waals surface area contributed by atoms with Crippen LogP contribution in [0.2, 0.25) is 10.0 Å². The topological polar surface area (TPSA) is 72.2 Å². The van der Waals surface area contributed by atoms with Gasteiger partial charge in [0.05, 0.1) is 16.4 Å². The van der Waals surface area contributed by atoms with Crippen LogP contribution in [-0.4, -0.2) is 8.42 Å². The van der Waals surface area contributed by atoms with Gasteiger partial charge in [-0.1, -0.05) is 39.1 Å². The molecule has 106 valence electrons. The smallest absolute Gasteiger partial charge is 0.263 e. The molecule has 0 aliphatic rings. The SMILES string of the molecule is Nc1ccc(Cl)cc1NS(=O)(=O)c1ccc(Br)cc1Cl. The van der Waals surface area contributed by atoms with Gasteiger partial charge < -0.3 is 5.73 Å². The molecule has 0 fully saturated rings. The minimum atomic E-state index is -3.84. The van der Waals surface area contributed by atoms with Gasteiger partial charge in [-0.25, -0.2) is 8.42 Å². The zero-order valence-corrected chi connectivity index (χ0v) is 13.8. The molecule has 2 rings (SSSR count). The van der Waals surface area contributed by atoms with Crippen molar-refractivity contribution in [2.45, 2.75) is 4.90 Å².